The number of aryl methyl sites for hydroxylation is 1. The number of urea groups is 1. The molecule has 0 aromatic heterocycles. The smallest absolute Gasteiger partial charge is 0.343 e. The van der Waals surface area contributed by atoms with Gasteiger partial charge in [-0.2, -0.15) is 0 Å². The standard InChI is InChI=1S/C26H16Br2N2O7/c1-13-3-2-4-17(7-13)30-24(32)18(23(31)29-26(30)34)9-15-8-16(27)11-19(28)22(15)37-25(33)14-5-6-20-21(10-14)36-12-35-20/h2-11H,12H2,1H3,(H,29,31,34)/b18-9-. The molecule has 9 nitrogen and oxygen atoms in total. The average molecular weight is 628 g/mol. The minimum absolute atomic E-state index is 0.0575. The maximum Gasteiger partial charge on any atom is 0.343 e. The van der Waals surface area contributed by atoms with E-state index >= 15 is 0 Å². The van der Waals surface area contributed by atoms with Crippen molar-refractivity contribution in [2.75, 3.05) is 11.7 Å². The molecule has 0 saturated carbocycles. The molecule has 37 heavy (non-hydrogen) atoms. The second-order valence-corrected chi connectivity index (χ2v) is 9.83. The fourth-order valence-corrected chi connectivity index (χ4v) is 5.12. The number of halogens is 2. The molecule has 0 spiro atoms. The number of rotatable bonds is 4. The van der Waals surface area contributed by atoms with Crippen LogP contribution in [0, 0.1) is 6.92 Å². The summed E-state index contributed by atoms with van der Waals surface area (Å²) in [6, 6.07) is 13.8. The van der Waals surface area contributed by atoms with Crippen molar-refractivity contribution in [2.24, 2.45) is 0 Å². The van der Waals surface area contributed by atoms with Crippen LogP contribution in [0.3, 0.4) is 0 Å². The normalized spacial score (nSPS) is 15.7. The van der Waals surface area contributed by atoms with E-state index in [0.717, 1.165) is 10.5 Å². The van der Waals surface area contributed by atoms with Crippen molar-refractivity contribution in [3.05, 3.63) is 85.8 Å². The van der Waals surface area contributed by atoms with E-state index in [0.29, 0.717) is 26.1 Å². The Kier molecular flexibility index (Phi) is 6.57. The highest BCUT2D eigenvalue weighted by Crippen LogP contribution is 2.37. The van der Waals surface area contributed by atoms with Crippen LogP contribution in [0.4, 0.5) is 10.5 Å². The molecule has 2 aliphatic heterocycles. The summed E-state index contributed by atoms with van der Waals surface area (Å²) < 4.78 is 17.2. The van der Waals surface area contributed by atoms with Gasteiger partial charge in [0.25, 0.3) is 11.8 Å². The van der Waals surface area contributed by atoms with Gasteiger partial charge >= 0.3 is 12.0 Å². The molecule has 11 heteroatoms. The van der Waals surface area contributed by atoms with E-state index in [1.165, 1.54) is 18.2 Å². The van der Waals surface area contributed by atoms with Gasteiger partial charge in [0.2, 0.25) is 6.79 Å². The zero-order chi connectivity index (χ0) is 26.3. The molecule has 0 unspecified atom stereocenters. The maximum atomic E-state index is 13.3. The molecule has 0 bridgehead atoms. The van der Waals surface area contributed by atoms with Gasteiger partial charge in [0, 0.05) is 10.0 Å². The van der Waals surface area contributed by atoms with Gasteiger partial charge < -0.3 is 14.2 Å². The molecule has 0 radical (unpaired) electrons. The predicted molar refractivity (Wildman–Crippen MR) is 140 cm³/mol. The van der Waals surface area contributed by atoms with Crippen molar-refractivity contribution in [3.63, 3.8) is 0 Å². The summed E-state index contributed by atoms with van der Waals surface area (Å²) in [5, 5.41) is 2.19. The Balaban J connectivity index is 1.52. The topological polar surface area (TPSA) is 111 Å². The fourth-order valence-electron chi connectivity index (χ4n) is 3.78. The number of benzene rings is 3. The molecule has 5 rings (SSSR count). The number of amides is 4. The number of esters is 1. The van der Waals surface area contributed by atoms with E-state index in [2.05, 4.69) is 37.2 Å². The lowest BCUT2D eigenvalue weighted by Crippen LogP contribution is -2.54. The second-order valence-electron chi connectivity index (χ2n) is 8.06. The average Bonchev–Trinajstić information content (AvgIpc) is 3.31. The Hall–Kier alpha value is -3.96. The molecule has 4 amide bonds. The van der Waals surface area contributed by atoms with Crippen LogP contribution in [0.25, 0.3) is 6.08 Å². The number of carbonyl (C=O) groups excluding carboxylic acids is 4. The van der Waals surface area contributed by atoms with Crippen LogP contribution >= 0.6 is 31.9 Å². The van der Waals surface area contributed by atoms with Crippen molar-refractivity contribution in [1.82, 2.24) is 5.32 Å². The van der Waals surface area contributed by atoms with Crippen LogP contribution in [0.1, 0.15) is 21.5 Å². The molecule has 186 valence electrons. The summed E-state index contributed by atoms with van der Waals surface area (Å²) in [6.07, 6.45) is 1.27. The van der Waals surface area contributed by atoms with Crippen LogP contribution < -0.4 is 24.4 Å². The zero-order valence-corrected chi connectivity index (χ0v) is 22.2. The van der Waals surface area contributed by atoms with Gasteiger partial charge in [-0.1, -0.05) is 28.1 Å². The van der Waals surface area contributed by atoms with E-state index < -0.39 is 23.8 Å². The van der Waals surface area contributed by atoms with Gasteiger partial charge in [0.05, 0.1) is 15.7 Å². The molecular formula is C26H16Br2N2O7. The molecule has 1 saturated heterocycles. The fraction of sp³-hybridized carbons (Fsp3) is 0.0769. The second kappa shape index (κ2) is 9.83. The molecular weight excluding hydrogens is 612 g/mol. The molecule has 1 N–H and O–H groups in total. The zero-order valence-electron chi connectivity index (χ0n) is 19.0. The van der Waals surface area contributed by atoms with Crippen LogP contribution in [-0.2, 0) is 9.59 Å². The van der Waals surface area contributed by atoms with Crippen LogP contribution in [0.2, 0.25) is 0 Å². The number of ether oxygens (including phenoxy) is 3. The molecule has 1 fully saturated rings. The van der Waals surface area contributed by atoms with Gasteiger partial charge in [-0.15, -0.1) is 0 Å². The number of nitrogens with one attached hydrogen (secondary N) is 1. The van der Waals surface area contributed by atoms with Gasteiger partial charge in [-0.25, -0.2) is 14.5 Å². The lowest BCUT2D eigenvalue weighted by molar-refractivity contribution is -0.122. The number of carbonyl (C=O) groups is 4. The molecule has 0 atom stereocenters. The number of barbiturate groups is 1. The molecule has 0 aliphatic carbocycles. The minimum Gasteiger partial charge on any atom is -0.454 e. The third-order valence-corrected chi connectivity index (χ3v) is 6.55. The Bertz CT molecular complexity index is 1530. The van der Waals surface area contributed by atoms with Crippen molar-refractivity contribution >= 4 is 67.4 Å². The SMILES string of the molecule is Cc1cccc(N2C(=O)NC(=O)/C(=C/c3cc(Br)cc(Br)c3OC(=O)c3ccc4c(c3)OCO4)C2=O)c1. The van der Waals surface area contributed by atoms with Gasteiger partial charge in [-0.3, -0.25) is 14.9 Å². The van der Waals surface area contributed by atoms with Crippen molar-refractivity contribution in [2.45, 2.75) is 6.92 Å². The summed E-state index contributed by atoms with van der Waals surface area (Å²) in [4.78, 5) is 52.4. The van der Waals surface area contributed by atoms with Crippen molar-refractivity contribution in [3.8, 4) is 17.2 Å². The largest absolute Gasteiger partial charge is 0.454 e. The van der Waals surface area contributed by atoms with E-state index in [1.54, 1.807) is 36.4 Å². The summed E-state index contributed by atoms with van der Waals surface area (Å²) >= 11 is 6.75. The molecule has 3 aromatic rings. The van der Waals surface area contributed by atoms with Gasteiger partial charge in [0.15, 0.2) is 17.2 Å². The monoisotopic (exact) mass is 626 g/mol. The van der Waals surface area contributed by atoms with Gasteiger partial charge in [0.1, 0.15) is 5.57 Å². The number of hydrogen-bond acceptors (Lipinski definition) is 7. The Morgan fingerprint density at radius 3 is 2.59 bits per heavy atom. The highest BCUT2D eigenvalue weighted by Gasteiger charge is 2.37. The van der Waals surface area contributed by atoms with Crippen LogP contribution in [0.15, 0.2) is 69.1 Å². The number of anilines is 1. The summed E-state index contributed by atoms with van der Waals surface area (Å²) in [5.41, 5.74) is 1.28. The number of imide groups is 2. The maximum absolute atomic E-state index is 13.3. The quantitative estimate of drug-likeness (QED) is 0.185. The highest BCUT2D eigenvalue weighted by molar-refractivity contribution is 9.11. The third kappa shape index (κ3) is 4.87. The predicted octanol–water partition coefficient (Wildman–Crippen LogP) is 5.13. The lowest BCUT2D eigenvalue weighted by Gasteiger charge is -2.26. The molecule has 2 heterocycles. The van der Waals surface area contributed by atoms with E-state index in [4.69, 9.17) is 14.2 Å². The van der Waals surface area contributed by atoms with E-state index in [-0.39, 0.29) is 29.2 Å². The van der Waals surface area contributed by atoms with E-state index in [1.807, 2.05) is 13.0 Å². The molecule has 3 aromatic carbocycles. The Morgan fingerprint density at radius 1 is 1.03 bits per heavy atom. The number of nitrogens with zero attached hydrogens (tertiary/aromatic N) is 1. The van der Waals surface area contributed by atoms with Gasteiger partial charge in [-0.05, 0) is 77.0 Å². The first-order chi connectivity index (χ1) is 17.7. The van der Waals surface area contributed by atoms with Crippen molar-refractivity contribution < 1.29 is 33.4 Å². The van der Waals surface area contributed by atoms with Crippen LogP contribution in [0.5, 0.6) is 17.2 Å². The summed E-state index contributed by atoms with van der Waals surface area (Å²) in [6.45, 7) is 1.87. The first-order valence-corrected chi connectivity index (χ1v) is 12.4. The molecule has 2 aliphatic rings. The van der Waals surface area contributed by atoms with E-state index in [9.17, 15) is 19.2 Å². The summed E-state index contributed by atoms with van der Waals surface area (Å²) in [5.74, 6) is -1.39. The Morgan fingerprint density at radius 2 is 1.81 bits per heavy atom. The summed E-state index contributed by atoms with van der Waals surface area (Å²) in [7, 11) is 0. The lowest BCUT2D eigenvalue weighted by atomic mass is 10.1. The third-order valence-electron chi connectivity index (χ3n) is 5.50. The highest BCUT2D eigenvalue weighted by atomic mass is 79.9. The van der Waals surface area contributed by atoms with Crippen LogP contribution in [-0.4, -0.2) is 30.6 Å². The Labute approximate surface area is 227 Å². The minimum atomic E-state index is -0.872. The first kappa shape index (κ1) is 24.7. The number of hydrogen-bond donors (Lipinski definition) is 1. The number of fused-ring (bicyclic) bond motifs is 1. The van der Waals surface area contributed by atoms with Crippen molar-refractivity contribution in [1.29, 1.82) is 0 Å². The first-order valence-electron chi connectivity index (χ1n) is 10.8.